The molecule has 0 aliphatic rings. The minimum atomic E-state index is -0.224. The molecule has 0 bridgehead atoms. The minimum absolute atomic E-state index is 0.172. The number of fused-ring (bicyclic) bond motifs is 3. The fourth-order valence-electron chi connectivity index (χ4n) is 2.54. The second kappa shape index (κ2) is 5.13. The normalized spacial score (nSPS) is 11.6. The van der Waals surface area contributed by atoms with Gasteiger partial charge in [-0.3, -0.25) is 0 Å². The van der Waals surface area contributed by atoms with E-state index in [2.05, 4.69) is 6.92 Å². The highest BCUT2D eigenvalue weighted by molar-refractivity contribution is 7.25. The molecule has 104 valence electrons. The summed E-state index contributed by atoms with van der Waals surface area (Å²) in [4.78, 5) is 0. The maximum Gasteiger partial charge on any atom is 0.144 e. The fraction of sp³-hybridized carbons (Fsp3) is 0.294. The Labute approximate surface area is 121 Å². The Morgan fingerprint density at radius 2 is 1.60 bits per heavy atom. The maximum absolute atomic E-state index is 14.6. The van der Waals surface area contributed by atoms with E-state index in [-0.39, 0.29) is 11.6 Å². The number of hydrogen-bond acceptors (Lipinski definition) is 1. The number of unbranched alkanes of at least 4 members (excludes halogenated alkanes) is 1. The molecule has 0 atom stereocenters. The van der Waals surface area contributed by atoms with Crippen LogP contribution in [-0.4, -0.2) is 0 Å². The first-order valence-corrected chi connectivity index (χ1v) is 7.73. The standard InChI is InChI=1S/C17H16F2S/c1-3-4-5-11-7-9-13-12-8-6-10(2)14(18)16(12)20-17(13)15(11)19/h6-9H,3-5H2,1-2H3. The Balaban J connectivity index is 2.27. The summed E-state index contributed by atoms with van der Waals surface area (Å²) in [5.41, 5.74) is 1.35. The summed E-state index contributed by atoms with van der Waals surface area (Å²) in [5, 5.41) is 1.63. The minimum Gasteiger partial charge on any atom is -0.205 e. The first-order chi connectivity index (χ1) is 9.63. The van der Waals surface area contributed by atoms with Gasteiger partial charge in [-0.2, -0.15) is 0 Å². The van der Waals surface area contributed by atoms with E-state index in [1.165, 1.54) is 11.3 Å². The zero-order valence-electron chi connectivity index (χ0n) is 11.6. The third-order valence-electron chi connectivity index (χ3n) is 3.76. The SMILES string of the molecule is CCCCc1ccc2c(sc3c(F)c(C)ccc32)c1F. The van der Waals surface area contributed by atoms with E-state index >= 15 is 0 Å². The highest BCUT2D eigenvalue weighted by Crippen LogP contribution is 2.38. The number of halogens is 2. The Hall–Kier alpha value is -1.48. The van der Waals surface area contributed by atoms with Crippen LogP contribution in [0, 0.1) is 18.6 Å². The molecule has 3 heteroatoms. The smallest absolute Gasteiger partial charge is 0.144 e. The Bertz CT molecular complexity index is 787. The van der Waals surface area contributed by atoms with Gasteiger partial charge in [0.25, 0.3) is 0 Å². The molecule has 0 amide bonds. The van der Waals surface area contributed by atoms with Crippen molar-refractivity contribution in [3.8, 4) is 0 Å². The summed E-state index contributed by atoms with van der Waals surface area (Å²) in [5.74, 6) is -0.396. The molecule has 0 saturated carbocycles. The van der Waals surface area contributed by atoms with Crippen LogP contribution in [0.2, 0.25) is 0 Å². The molecule has 3 rings (SSSR count). The van der Waals surface area contributed by atoms with Gasteiger partial charge in [-0.25, -0.2) is 8.78 Å². The average molecular weight is 290 g/mol. The van der Waals surface area contributed by atoms with E-state index in [4.69, 9.17) is 0 Å². The van der Waals surface area contributed by atoms with Gasteiger partial charge >= 0.3 is 0 Å². The van der Waals surface area contributed by atoms with Crippen molar-refractivity contribution in [1.29, 1.82) is 0 Å². The van der Waals surface area contributed by atoms with Crippen molar-refractivity contribution in [3.05, 3.63) is 47.0 Å². The lowest BCUT2D eigenvalue weighted by Gasteiger charge is -2.03. The first-order valence-electron chi connectivity index (χ1n) is 6.92. The van der Waals surface area contributed by atoms with Crippen molar-refractivity contribution < 1.29 is 8.78 Å². The molecule has 0 fully saturated rings. The van der Waals surface area contributed by atoms with Gasteiger partial charge in [0.2, 0.25) is 0 Å². The molecular formula is C17H16F2S. The summed E-state index contributed by atoms with van der Waals surface area (Å²) < 4.78 is 29.9. The molecule has 20 heavy (non-hydrogen) atoms. The average Bonchev–Trinajstić information content (AvgIpc) is 2.83. The summed E-state index contributed by atoms with van der Waals surface area (Å²) in [6, 6.07) is 7.42. The van der Waals surface area contributed by atoms with Crippen molar-refractivity contribution >= 4 is 31.5 Å². The van der Waals surface area contributed by atoms with Crippen molar-refractivity contribution in [2.75, 3.05) is 0 Å². The number of rotatable bonds is 3. The third kappa shape index (κ3) is 2.01. The summed E-state index contributed by atoms with van der Waals surface area (Å²) in [6.45, 7) is 3.83. The third-order valence-corrected chi connectivity index (χ3v) is 4.97. The predicted molar refractivity (Wildman–Crippen MR) is 82.6 cm³/mol. The zero-order valence-corrected chi connectivity index (χ0v) is 12.4. The van der Waals surface area contributed by atoms with Crippen LogP contribution in [0.1, 0.15) is 30.9 Å². The van der Waals surface area contributed by atoms with E-state index in [0.717, 1.165) is 35.6 Å². The number of thiophene rings is 1. The summed E-state index contributed by atoms with van der Waals surface area (Å²) in [7, 11) is 0. The van der Waals surface area contributed by atoms with Crippen molar-refractivity contribution in [3.63, 3.8) is 0 Å². The molecule has 0 unspecified atom stereocenters. The van der Waals surface area contributed by atoms with E-state index in [1.54, 1.807) is 13.0 Å². The maximum atomic E-state index is 14.6. The van der Waals surface area contributed by atoms with Gasteiger partial charge in [-0.1, -0.05) is 37.6 Å². The number of aryl methyl sites for hydroxylation is 2. The highest BCUT2D eigenvalue weighted by Gasteiger charge is 2.15. The molecular weight excluding hydrogens is 274 g/mol. The molecule has 0 radical (unpaired) electrons. The fourth-order valence-corrected chi connectivity index (χ4v) is 3.79. The Morgan fingerprint density at radius 3 is 2.30 bits per heavy atom. The molecule has 1 aromatic heterocycles. The van der Waals surface area contributed by atoms with Gasteiger partial charge in [0, 0.05) is 10.8 Å². The van der Waals surface area contributed by atoms with Gasteiger partial charge in [0.05, 0.1) is 9.40 Å². The van der Waals surface area contributed by atoms with Crippen molar-refractivity contribution in [2.45, 2.75) is 33.1 Å². The van der Waals surface area contributed by atoms with Gasteiger partial charge < -0.3 is 0 Å². The van der Waals surface area contributed by atoms with E-state index in [1.807, 2.05) is 18.2 Å². The van der Waals surface area contributed by atoms with Crippen LogP contribution < -0.4 is 0 Å². The second-order valence-electron chi connectivity index (χ2n) is 5.19. The monoisotopic (exact) mass is 290 g/mol. The highest BCUT2D eigenvalue weighted by atomic mass is 32.1. The number of benzene rings is 2. The Kier molecular flexibility index (Phi) is 3.47. The lowest BCUT2D eigenvalue weighted by atomic mass is 10.0. The predicted octanol–water partition coefficient (Wildman–Crippen LogP) is 5.98. The van der Waals surface area contributed by atoms with E-state index in [0.29, 0.717) is 15.0 Å². The van der Waals surface area contributed by atoms with Crippen LogP contribution in [0.5, 0.6) is 0 Å². The van der Waals surface area contributed by atoms with Crippen LogP contribution in [0.25, 0.3) is 20.2 Å². The largest absolute Gasteiger partial charge is 0.205 e. The first kappa shape index (κ1) is 13.5. The molecule has 1 heterocycles. The van der Waals surface area contributed by atoms with E-state index < -0.39 is 0 Å². The van der Waals surface area contributed by atoms with Crippen LogP contribution in [-0.2, 0) is 6.42 Å². The summed E-state index contributed by atoms with van der Waals surface area (Å²) in [6.07, 6.45) is 2.76. The Morgan fingerprint density at radius 1 is 0.950 bits per heavy atom. The molecule has 0 saturated heterocycles. The molecule has 0 aliphatic carbocycles. The molecule has 0 nitrogen and oxygen atoms in total. The lowest BCUT2D eigenvalue weighted by Crippen LogP contribution is -1.90. The lowest BCUT2D eigenvalue weighted by molar-refractivity contribution is 0.616. The quantitative estimate of drug-likeness (QED) is 0.556. The van der Waals surface area contributed by atoms with Crippen molar-refractivity contribution in [2.24, 2.45) is 0 Å². The van der Waals surface area contributed by atoms with Gasteiger partial charge in [-0.05, 0) is 30.9 Å². The van der Waals surface area contributed by atoms with Crippen LogP contribution in [0.15, 0.2) is 24.3 Å². The van der Waals surface area contributed by atoms with Gasteiger partial charge in [0.15, 0.2) is 0 Å². The molecule has 0 aliphatic heterocycles. The van der Waals surface area contributed by atoms with Gasteiger partial charge in [-0.15, -0.1) is 11.3 Å². The molecule has 2 aromatic carbocycles. The molecule has 0 spiro atoms. The van der Waals surface area contributed by atoms with Gasteiger partial charge in [0.1, 0.15) is 11.6 Å². The molecule has 3 aromatic rings. The van der Waals surface area contributed by atoms with Crippen LogP contribution in [0.3, 0.4) is 0 Å². The van der Waals surface area contributed by atoms with Crippen LogP contribution in [0.4, 0.5) is 8.78 Å². The van der Waals surface area contributed by atoms with Crippen molar-refractivity contribution in [1.82, 2.24) is 0 Å². The number of hydrogen-bond donors (Lipinski definition) is 0. The molecule has 0 N–H and O–H groups in total. The second-order valence-corrected chi connectivity index (χ2v) is 6.21. The topological polar surface area (TPSA) is 0 Å². The zero-order chi connectivity index (χ0) is 14.3. The van der Waals surface area contributed by atoms with Crippen LogP contribution >= 0.6 is 11.3 Å². The van der Waals surface area contributed by atoms with E-state index in [9.17, 15) is 8.78 Å². The summed E-state index contributed by atoms with van der Waals surface area (Å²) >= 11 is 1.23.